The van der Waals surface area contributed by atoms with E-state index in [0.717, 1.165) is 31.4 Å². The minimum Gasteiger partial charge on any atom is -0.399 e. The fourth-order valence-corrected chi connectivity index (χ4v) is 7.41. The quantitative estimate of drug-likeness (QED) is 0.132. The summed E-state index contributed by atoms with van der Waals surface area (Å²) in [5, 5.41) is 0. The number of rotatable bonds is 20. The van der Waals surface area contributed by atoms with E-state index in [4.69, 9.17) is 15.2 Å². The maximum Gasteiger partial charge on any atom is 0.226 e. The van der Waals surface area contributed by atoms with Gasteiger partial charge < -0.3 is 25.0 Å². The van der Waals surface area contributed by atoms with E-state index in [0.29, 0.717) is 30.6 Å². The maximum atomic E-state index is 14.2. The number of carbonyl (C=O) groups excluding carboxylic acids is 4. The standard InChI is InChI=1S/C40H60N4O6/c1-9-27(4)38(43(6)40(48)32(26(2)3)24-35(46)29-18-20-30(41)21-19-29)36(49-7)25-37(47)44-23-13-16-33(44)39(50-8)28(5)34(45)17-12-15-31-14-10-11-22-42-31/h10-11,14,18-22,26-28,32-33,36,38-39H,9,12-13,15-17,23-25,41H2,1-8H3/t27-,28-,32-,33-,36+,38-,39+/m0/s1. The molecule has 50 heavy (non-hydrogen) atoms. The first-order valence-corrected chi connectivity index (χ1v) is 18.3. The lowest BCUT2D eigenvalue weighted by Gasteiger charge is -2.40. The van der Waals surface area contributed by atoms with Gasteiger partial charge in [0.2, 0.25) is 11.8 Å². The Balaban J connectivity index is 1.72. The molecule has 1 aliphatic rings. The fraction of sp³-hybridized carbons (Fsp3) is 0.625. The topological polar surface area (TPSA) is 132 Å². The summed E-state index contributed by atoms with van der Waals surface area (Å²) >= 11 is 0. The Morgan fingerprint density at radius 1 is 1.00 bits per heavy atom. The van der Waals surface area contributed by atoms with Crippen LogP contribution < -0.4 is 5.73 Å². The van der Waals surface area contributed by atoms with Crippen LogP contribution in [0.1, 0.15) is 95.6 Å². The summed E-state index contributed by atoms with van der Waals surface area (Å²) in [7, 11) is 4.96. The second kappa shape index (κ2) is 19.7. The van der Waals surface area contributed by atoms with E-state index in [1.165, 1.54) is 0 Å². The average Bonchev–Trinajstić information content (AvgIpc) is 3.60. The van der Waals surface area contributed by atoms with Crippen molar-refractivity contribution in [2.24, 2.45) is 23.7 Å². The number of carbonyl (C=O) groups is 4. The SMILES string of the molecule is CC[C@H](C)[C@@H]([C@@H](CC(=O)N1CCC[C@H]1[C@H](OC)[C@@H](C)C(=O)CCCc1ccccn1)OC)N(C)C(=O)[C@@H](CC(=O)c1ccc(N)cc1)C(C)C. The third-order valence-corrected chi connectivity index (χ3v) is 10.7. The molecular formula is C40H60N4O6. The van der Waals surface area contributed by atoms with E-state index >= 15 is 0 Å². The van der Waals surface area contributed by atoms with Crippen molar-refractivity contribution >= 4 is 29.1 Å². The molecule has 0 aliphatic carbocycles. The Labute approximate surface area is 299 Å². The molecule has 1 saturated heterocycles. The van der Waals surface area contributed by atoms with Gasteiger partial charge in [-0.3, -0.25) is 24.2 Å². The highest BCUT2D eigenvalue weighted by Gasteiger charge is 2.42. The van der Waals surface area contributed by atoms with Crippen molar-refractivity contribution in [1.82, 2.24) is 14.8 Å². The van der Waals surface area contributed by atoms with Crippen LogP contribution in [0.15, 0.2) is 48.7 Å². The number of likely N-dealkylation sites (tertiary alicyclic amines) is 1. The molecule has 0 spiro atoms. The predicted octanol–water partition coefficient (Wildman–Crippen LogP) is 6.02. The number of pyridine rings is 1. The van der Waals surface area contributed by atoms with E-state index in [1.807, 2.05) is 43.9 Å². The molecule has 1 aliphatic heterocycles. The normalized spacial score (nSPS) is 18.3. The number of Topliss-reactive ketones (excluding diaryl/α,β-unsaturated/α-hetero) is 2. The van der Waals surface area contributed by atoms with E-state index in [2.05, 4.69) is 18.8 Å². The molecule has 2 heterocycles. The van der Waals surface area contributed by atoms with Crippen molar-refractivity contribution < 1.29 is 28.7 Å². The van der Waals surface area contributed by atoms with Gasteiger partial charge in [0.05, 0.1) is 30.7 Å². The molecular weight excluding hydrogens is 632 g/mol. The number of likely N-dealkylation sites (N-methyl/N-ethyl adjacent to an activating group) is 1. The predicted molar refractivity (Wildman–Crippen MR) is 196 cm³/mol. The number of anilines is 1. The maximum absolute atomic E-state index is 14.2. The molecule has 1 aromatic heterocycles. The van der Waals surface area contributed by atoms with Gasteiger partial charge in [-0.25, -0.2) is 0 Å². The van der Waals surface area contributed by atoms with Crippen LogP contribution in [0, 0.1) is 23.7 Å². The van der Waals surface area contributed by atoms with E-state index in [1.54, 1.807) is 56.6 Å². The lowest BCUT2D eigenvalue weighted by Crippen LogP contribution is -2.54. The highest BCUT2D eigenvalue weighted by Crippen LogP contribution is 2.31. The van der Waals surface area contributed by atoms with Crippen molar-refractivity contribution in [2.45, 2.75) is 110 Å². The van der Waals surface area contributed by atoms with E-state index < -0.39 is 24.2 Å². The molecule has 1 fully saturated rings. The lowest BCUT2D eigenvalue weighted by molar-refractivity contribution is -0.148. The molecule has 0 radical (unpaired) electrons. The van der Waals surface area contributed by atoms with Crippen LogP contribution in [-0.4, -0.2) is 90.3 Å². The van der Waals surface area contributed by atoms with Crippen molar-refractivity contribution in [2.75, 3.05) is 33.5 Å². The number of nitrogens with two attached hydrogens (primary N) is 1. The largest absolute Gasteiger partial charge is 0.399 e. The highest BCUT2D eigenvalue weighted by atomic mass is 16.5. The van der Waals surface area contributed by atoms with Gasteiger partial charge in [0, 0.05) is 75.6 Å². The number of nitrogen functional groups attached to an aromatic ring is 1. The molecule has 0 saturated carbocycles. The zero-order chi connectivity index (χ0) is 37.0. The monoisotopic (exact) mass is 692 g/mol. The van der Waals surface area contributed by atoms with Gasteiger partial charge in [-0.1, -0.05) is 47.1 Å². The zero-order valence-electron chi connectivity index (χ0n) is 31.5. The molecule has 7 atom stereocenters. The van der Waals surface area contributed by atoms with E-state index in [9.17, 15) is 19.2 Å². The van der Waals surface area contributed by atoms with Crippen LogP contribution in [-0.2, 0) is 30.3 Å². The zero-order valence-corrected chi connectivity index (χ0v) is 31.5. The molecule has 3 rings (SSSR count). The van der Waals surface area contributed by atoms with Crippen LogP contribution in [0.5, 0.6) is 0 Å². The number of hydrogen-bond donors (Lipinski definition) is 1. The number of ether oxygens (including phenoxy) is 2. The van der Waals surface area contributed by atoms with Gasteiger partial charge in [-0.2, -0.15) is 0 Å². The van der Waals surface area contributed by atoms with Gasteiger partial charge >= 0.3 is 0 Å². The average molecular weight is 693 g/mol. The van der Waals surface area contributed by atoms with Crippen molar-refractivity contribution in [3.05, 3.63) is 59.9 Å². The third kappa shape index (κ3) is 10.7. The molecule has 2 aromatic rings. The number of methoxy groups -OCH3 is 2. The summed E-state index contributed by atoms with van der Waals surface area (Å²) in [6.45, 7) is 10.5. The third-order valence-electron chi connectivity index (χ3n) is 10.7. The molecule has 276 valence electrons. The van der Waals surface area contributed by atoms with Crippen molar-refractivity contribution in [3.63, 3.8) is 0 Å². The van der Waals surface area contributed by atoms with Crippen molar-refractivity contribution in [1.29, 1.82) is 0 Å². The van der Waals surface area contributed by atoms with Gasteiger partial charge in [0.25, 0.3) is 0 Å². The Morgan fingerprint density at radius 2 is 1.70 bits per heavy atom. The van der Waals surface area contributed by atoms with Gasteiger partial charge in [-0.05, 0) is 73.9 Å². The van der Waals surface area contributed by atoms with Crippen LogP contribution in [0.3, 0.4) is 0 Å². The Bertz CT molecular complexity index is 1380. The number of nitrogens with zero attached hydrogens (tertiary/aromatic N) is 3. The number of hydrogen-bond acceptors (Lipinski definition) is 8. The summed E-state index contributed by atoms with van der Waals surface area (Å²) < 4.78 is 12.0. The van der Waals surface area contributed by atoms with Crippen LogP contribution in [0.25, 0.3) is 0 Å². The summed E-state index contributed by atoms with van der Waals surface area (Å²) in [5.41, 5.74) is 7.87. The molecule has 0 unspecified atom stereocenters. The number of benzene rings is 1. The van der Waals surface area contributed by atoms with Gasteiger partial charge in [0.1, 0.15) is 5.78 Å². The number of aromatic nitrogens is 1. The summed E-state index contributed by atoms with van der Waals surface area (Å²) in [5.74, 6) is -1.20. The Hall–Kier alpha value is -3.63. The summed E-state index contributed by atoms with van der Waals surface area (Å²) in [6.07, 6.45) is 5.11. The minimum atomic E-state index is -0.570. The molecule has 2 N–H and O–H groups in total. The fourth-order valence-electron chi connectivity index (χ4n) is 7.41. The second-order valence-corrected chi connectivity index (χ2v) is 14.3. The first kappa shape index (κ1) is 40.8. The second-order valence-electron chi connectivity index (χ2n) is 14.3. The van der Waals surface area contributed by atoms with Gasteiger partial charge in [-0.15, -0.1) is 0 Å². The Kier molecular flexibility index (Phi) is 16.1. The van der Waals surface area contributed by atoms with Crippen LogP contribution in [0.4, 0.5) is 5.69 Å². The molecule has 1 aromatic carbocycles. The first-order chi connectivity index (χ1) is 23.8. The molecule has 0 bridgehead atoms. The first-order valence-electron chi connectivity index (χ1n) is 18.3. The van der Waals surface area contributed by atoms with Crippen molar-refractivity contribution in [3.8, 4) is 0 Å². The molecule has 10 heteroatoms. The smallest absolute Gasteiger partial charge is 0.226 e. The highest BCUT2D eigenvalue weighted by molar-refractivity contribution is 5.99. The van der Waals surface area contributed by atoms with Gasteiger partial charge in [0.15, 0.2) is 5.78 Å². The summed E-state index contributed by atoms with van der Waals surface area (Å²) in [4.78, 5) is 62.7. The molecule has 10 nitrogen and oxygen atoms in total. The summed E-state index contributed by atoms with van der Waals surface area (Å²) in [6, 6.07) is 11.9. The van der Waals surface area contributed by atoms with Crippen LogP contribution >= 0.6 is 0 Å². The van der Waals surface area contributed by atoms with Crippen LogP contribution in [0.2, 0.25) is 0 Å². The molecule has 2 amide bonds. The number of ketones is 2. The minimum absolute atomic E-state index is 0.0205. The lowest BCUT2D eigenvalue weighted by atomic mass is 9.85. The number of aryl methyl sites for hydroxylation is 1. The van der Waals surface area contributed by atoms with E-state index in [-0.39, 0.29) is 60.0 Å². The Morgan fingerprint density at radius 3 is 2.28 bits per heavy atom. The number of amides is 2.